The van der Waals surface area contributed by atoms with Crippen molar-refractivity contribution in [3.8, 4) is 0 Å². The molecular weight excluding hydrogens is 518 g/mol. The Labute approximate surface area is 272 Å². The molecule has 0 radical (unpaired) electrons. The Balaban J connectivity index is 2.02. The summed E-state index contributed by atoms with van der Waals surface area (Å²) in [5, 5.41) is 0. The van der Waals surface area contributed by atoms with E-state index < -0.39 is 0 Å². The van der Waals surface area contributed by atoms with E-state index in [1.165, 1.54) is 223 Å². The minimum Gasteiger partial charge on any atom is -0.200 e. The molecule has 0 saturated carbocycles. The van der Waals surface area contributed by atoms with Gasteiger partial charge < -0.3 is 0 Å². The molecule has 0 N–H and O–H groups in total. The van der Waals surface area contributed by atoms with Crippen LogP contribution in [0.3, 0.4) is 0 Å². The van der Waals surface area contributed by atoms with Crippen molar-refractivity contribution in [2.45, 2.75) is 240 Å². The summed E-state index contributed by atoms with van der Waals surface area (Å²) in [5.74, 6) is 0. The topological polar surface area (TPSA) is 3.88 Å². The lowest BCUT2D eigenvalue weighted by Gasteiger charge is -2.09. The molecule has 0 aliphatic carbocycles. The number of hydrogen-bond donors (Lipinski definition) is 0. The van der Waals surface area contributed by atoms with Gasteiger partial charge in [-0.3, -0.25) is 0 Å². The molecule has 0 aliphatic rings. The summed E-state index contributed by atoms with van der Waals surface area (Å²) in [7, 11) is 0. The van der Waals surface area contributed by atoms with Crippen molar-refractivity contribution in [2.24, 2.45) is 0 Å². The highest BCUT2D eigenvalue weighted by atomic mass is 15.0. The molecule has 1 heteroatoms. The van der Waals surface area contributed by atoms with E-state index in [-0.39, 0.29) is 0 Å². The van der Waals surface area contributed by atoms with Crippen LogP contribution in [0.4, 0.5) is 0 Å². The third-order valence-electron chi connectivity index (χ3n) is 9.88. The molecule has 0 saturated heterocycles. The van der Waals surface area contributed by atoms with Crippen LogP contribution in [0.25, 0.3) is 0 Å². The maximum absolute atomic E-state index is 2.65. The van der Waals surface area contributed by atoms with Gasteiger partial charge in [0.05, 0.1) is 0 Å². The second kappa shape index (κ2) is 31.1. The Morgan fingerprint density at radius 1 is 0.372 bits per heavy atom. The first kappa shape index (κ1) is 40.2. The highest BCUT2D eigenvalue weighted by Gasteiger charge is 2.14. The summed E-state index contributed by atoms with van der Waals surface area (Å²) in [4.78, 5) is 0. The lowest BCUT2D eigenvalue weighted by Crippen LogP contribution is -2.41. The van der Waals surface area contributed by atoms with Crippen molar-refractivity contribution in [1.29, 1.82) is 0 Å². The number of aryl methyl sites for hydroxylation is 3. The van der Waals surface area contributed by atoms with Crippen molar-refractivity contribution in [3.05, 3.63) is 29.1 Å². The van der Waals surface area contributed by atoms with Gasteiger partial charge in [-0.1, -0.05) is 194 Å². The quantitative estimate of drug-likeness (QED) is 0.0559. The molecule has 0 aromatic carbocycles. The average molecular weight is 599 g/mol. The van der Waals surface area contributed by atoms with Gasteiger partial charge in [0, 0.05) is 31.9 Å². The van der Waals surface area contributed by atoms with Crippen LogP contribution in [0.15, 0.2) is 12.1 Å². The van der Waals surface area contributed by atoms with Crippen LogP contribution in [0.1, 0.15) is 230 Å². The zero-order valence-corrected chi connectivity index (χ0v) is 30.4. The molecule has 43 heavy (non-hydrogen) atoms. The fraction of sp³-hybridized carbons (Fsp3) is 0.881. The fourth-order valence-electron chi connectivity index (χ4n) is 7.04. The summed E-state index contributed by atoms with van der Waals surface area (Å²) in [5.41, 5.74) is 4.50. The number of aromatic nitrogens is 1. The first-order valence-corrected chi connectivity index (χ1v) is 20.2. The summed E-state index contributed by atoms with van der Waals surface area (Å²) < 4.78 is 2.65. The summed E-state index contributed by atoms with van der Waals surface area (Å²) in [6, 6.07) is 4.87. The minimum atomic E-state index is 1.22. The third kappa shape index (κ3) is 25.1. The lowest BCUT2D eigenvalue weighted by atomic mass is 10.0. The van der Waals surface area contributed by atoms with E-state index in [0.29, 0.717) is 0 Å². The van der Waals surface area contributed by atoms with E-state index in [1.807, 2.05) is 0 Å². The van der Waals surface area contributed by atoms with Crippen LogP contribution in [-0.2, 0) is 13.0 Å². The second-order valence-electron chi connectivity index (χ2n) is 14.3. The van der Waals surface area contributed by atoms with Gasteiger partial charge in [0.25, 0.3) is 0 Å². The average Bonchev–Trinajstić information content (AvgIpc) is 2.99. The molecule has 1 rings (SSSR count). The van der Waals surface area contributed by atoms with E-state index >= 15 is 0 Å². The molecule has 1 aromatic heterocycles. The standard InChI is InChI=1S/C42H80N/c1-5-7-9-11-13-15-17-19-21-23-25-27-29-31-33-35-37-43-41(4)38-40(3)39-42(43)36-34-32-30-28-26-24-22-20-18-16-14-12-10-8-6-2/h38-39H,5-37H2,1-4H3/q+1. The first-order chi connectivity index (χ1) is 21.2. The maximum atomic E-state index is 2.65. The Hall–Kier alpha value is -0.850. The largest absolute Gasteiger partial charge is 0.200 e. The second-order valence-corrected chi connectivity index (χ2v) is 14.3. The van der Waals surface area contributed by atoms with E-state index in [0.717, 1.165) is 0 Å². The number of pyridine rings is 1. The number of unbranched alkanes of at least 4 members (excludes halogenated alkanes) is 29. The fourth-order valence-corrected chi connectivity index (χ4v) is 7.04. The monoisotopic (exact) mass is 599 g/mol. The predicted octanol–water partition coefficient (Wildman–Crippen LogP) is 14.3. The Bertz CT molecular complexity index is 707. The van der Waals surface area contributed by atoms with Crippen LogP contribution >= 0.6 is 0 Å². The van der Waals surface area contributed by atoms with E-state index in [1.54, 1.807) is 5.69 Å². The van der Waals surface area contributed by atoms with Gasteiger partial charge >= 0.3 is 0 Å². The molecule has 0 amide bonds. The predicted molar refractivity (Wildman–Crippen MR) is 194 cm³/mol. The summed E-state index contributed by atoms with van der Waals surface area (Å²) in [6.07, 6.45) is 46.0. The van der Waals surface area contributed by atoms with Crippen molar-refractivity contribution >= 4 is 0 Å². The number of nitrogens with zero attached hydrogens (tertiary/aromatic N) is 1. The van der Waals surface area contributed by atoms with Crippen LogP contribution in [-0.4, -0.2) is 0 Å². The Morgan fingerprint density at radius 2 is 0.674 bits per heavy atom. The number of hydrogen-bond acceptors (Lipinski definition) is 0. The van der Waals surface area contributed by atoms with Crippen LogP contribution in [0.2, 0.25) is 0 Å². The molecule has 1 nitrogen and oxygen atoms in total. The molecule has 0 bridgehead atoms. The van der Waals surface area contributed by atoms with Crippen LogP contribution in [0, 0.1) is 13.8 Å². The summed E-state index contributed by atoms with van der Waals surface area (Å²) in [6.45, 7) is 10.4. The highest BCUT2D eigenvalue weighted by molar-refractivity contribution is 5.14. The molecule has 0 fully saturated rings. The lowest BCUT2D eigenvalue weighted by molar-refractivity contribution is -0.710. The number of rotatable bonds is 33. The molecule has 0 unspecified atom stereocenters. The first-order valence-electron chi connectivity index (χ1n) is 20.2. The van der Waals surface area contributed by atoms with Crippen LogP contribution < -0.4 is 4.57 Å². The van der Waals surface area contributed by atoms with Crippen molar-refractivity contribution < 1.29 is 4.57 Å². The highest BCUT2D eigenvalue weighted by Crippen LogP contribution is 2.16. The maximum Gasteiger partial charge on any atom is 0.181 e. The van der Waals surface area contributed by atoms with Crippen molar-refractivity contribution in [1.82, 2.24) is 0 Å². The van der Waals surface area contributed by atoms with Gasteiger partial charge in [-0.05, 0) is 25.3 Å². The van der Waals surface area contributed by atoms with E-state index in [9.17, 15) is 0 Å². The van der Waals surface area contributed by atoms with E-state index in [2.05, 4.69) is 44.4 Å². The SMILES string of the molecule is CCCCCCCCCCCCCCCCCC[n+]1c(C)cc(C)cc1CCCCCCCCCCCCCCCCC. The van der Waals surface area contributed by atoms with Gasteiger partial charge in [-0.15, -0.1) is 0 Å². The zero-order valence-electron chi connectivity index (χ0n) is 30.4. The molecule has 0 spiro atoms. The smallest absolute Gasteiger partial charge is 0.181 e. The normalized spacial score (nSPS) is 11.5. The van der Waals surface area contributed by atoms with E-state index in [4.69, 9.17) is 0 Å². The Kier molecular flexibility index (Phi) is 29.1. The molecular formula is C42H80N+. The molecule has 252 valence electrons. The van der Waals surface area contributed by atoms with Crippen LogP contribution in [0.5, 0.6) is 0 Å². The van der Waals surface area contributed by atoms with Gasteiger partial charge in [0.1, 0.15) is 6.54 Å². The molecule has 0 aliphatic heterocycles. The summed E-state index contributed by atoms with van der Waals surface area (Å²) >= 11 is 0. The van der Waals surface area contributed by atoms with Gasteiger partial charge in [-0.25, -0.2) is 4.57 Å². The van der Waals surface area contributed by atoms with Gasteiger partial charge in [0.2, 0.25) is 0 Å². The molecule has 1 aromatic rings. The van der Waals surface area contributed by atoms with Gasteiger partial charge in [-0.2, -0.15) is 0 Å². The molecule has 1 heterocycles. The third-order valence-corrected chi connectivity index (χ3v) is 9.88. The van der Waals surface area contributed by atoms with Crippen molar-refractivity contribution in [2.75, 3.05) is 0 Å². The van der Waals surface area contributed by atoms with Crippen molar-refractivity contribution in [3.63, 3.8) is 0 Å². The molecule has 0 atom stereocenters. The minimum absolute atomic E-state index is 1.22. The van der Waals surface area contributed by atoms with Gasteiger partial charge in [0.15, 0.2) is 11.4 Å². The Morgan fingerprint density at radius 3 is 1.02 bits per heavy atom. The zero-order chi connectivity index (χ0) is 31.1.